The molecule has 0 aliphatic heterocycles. The van der Waals surface area contributed by atoms with Gasteiger partial charge < -0.3 is 5.11 Å². The van der Waals surface area contributed by atoms with Crippen molar-refractivity contribution in [1.82, 2.24) is 0 Å². The quantitative estimate of drug-likeness (QED) is 0.397. The first-order valence-electron chi connectivity index (χ1n) is 9.11. The monoisotopic (exact) mass is 462 g/mol. The van der Waals surface area contributed by atoms with Gasteiger partial charge in [-0.2, -0.15) is 0 Å². The lowest BCUT2D eigenvalue weighted by atomic mass is 9.63. The summed E-state index contributed by atoms with van der Waals surface area (Å²) in [6, 6.07) is 5.31. The van der Waals surface area contributed by atoms with Crippen LogP contribution in [0.15, 0.2) is 70.3 Å². The smallest absolute Gasteiger partial charge is 0.261 e. The number of phenolic OH excluding ortho intramolecular Hbond substituents is 1. The predicted octanol–water partition coefficient (Wildman–Crippen LogP) is 2.50. The number of allylic oxidation sites excluding steroid dienone is 7. The Balaban J connectivity index is 1.69. The molecule has 31 heavy (non-hydrogen) atoms. The number of hydrogen-bond donors (Lipinski definition) is 2. The summed E-state index contributed by atoms with van der Waals surface area (Å²) in [5.41, 5.74) is -0.260. The van der Waals surface area contributed by atoms with Crippen LogP contribution < -0.4 is 4.72 Å². The van der Waals surface area contributed by atoms with Crippen LogP contribution in [0.3, 0.4) is 0 Å². The third-order valence-electron chi connectivity index (χ3n) is 5.47. The van der Waals surface area contributed by atoms with E-state index < -0.39 is 55.9 Å². The molecule has 0 spiro atoms. The van der Waals surface area contributed by atoms with Crippen molar-refractivity contribution in [1.29, 1.82) is 0 Å². The second-order valence-corrected chi connectivity index (χ2v) is 9.41. The molecule has 4 atom stereocenters. The molecule has 0 unspecified atom stereocenters. The molecule has 11 heteroatoms. The van der Waals surface area contributed by atoms with E-state index in [1.807, 2.05) is 0 Å². The summed E-state index contributed by atoms with van der Waals surface area (Å²) in [6.45, 7) is 0. The molecule has 0 aromatic heterocycles. The number of nitrogens with one attached hydrogen (secondary N) is 1. The van der Waals surface area contributed by atoms with Gasteiger partial charge in [-0.05, 0) is 36.4 Å². The lowest BCUT2D eigenvalue weighted by Gasteiger charge is -2.37. The van der Waals surface area contributed by atoms with Gasteiger partial charge in [0.25, 0.3) is 15.7 Å². The summed E-state index contributed by atoms with van der Waals surface area (Å²) in [4.78, 5) is 36.6. The third-order valence-corrected chi connectivity index (χ3v) is 7.23. The van der Waals surface area contributed by atoms with Crippen LogP contribution >= 0.6 is 11.6 Å². The molecule has 160 valence electrons. The number of fused-ring (bicyclic) bond motifs is 2. The standard InChI is InChI=1S/C20H15ClN2O7S/c21-15-7-8-16(23(27)28)18-17(15)19(25)13-6-5-12(9-14(13)20(18)26)31(29,30)22-10-1-3-11(24)4-2-10/h1-9,13-14,17-18,22,24H/t13-,14-,17-,18-/m0/s1. The highest BCUT2D eigenvalue weighted by Crippen LogP contribution is 2.46. The van der Waals surface area contributed by atoms with Crippen LogP contribution in [-0.2, 0) is 19.6 Å². The summed E-state index contributed by atoms with van der Waals surface area (Å²) in [7, 11) is -4.12. The van der Waals surface area contributed by atoms with Crippen LogP contribution in [0.25, 0.3) is 0 Å². The van der Waals surface area contributed by atoms with Crippen molar-refractivity contribution in [2.24, 2.45) is 23.7 Å². The molecule has 3 aliphatic carbocycles. The lowest BCUT2D eigenvalue weighted by molar-refractivity contribution is -0.433. The summed E-state index contributed by atoms with van der Waals surface area (Å²) in [6.07, 6.45) is 6.03. The summed E-state index contributed by atoms with van der Waals surface area (Å²) < 4.78 is 27.9. The molecule has 0 radical (unpaired) electrons. The minimum absolute atomic E-state index is 0.0391. The van der Waals surface area contributed by atoms with E-state index in [0.717, 1.165) is 12.2 Å². The van der Waals surface area contributed by atoms with Crippen LogP contribution in [0.1, 0.15) is 0 Å². The molecule has 0 heterocycles. The van der Waals surface area contributed by atoms with Crippen molar-refractivity contribution in [3.63, 3.8) is 0 Å². The molecule has 0 bridgehead atoms. The number of hydrogen-bond acceptors (Lipinski definition) is 7. The van der Waals surface area contributed by atoms with Crippen LogP contribution in [0.4, 0.5) is 5.69 Å². The van der Waals surface area contributed by atoms with Crippen molar-refractivity contribution < 1.29 is 28.0 Å². The predicted molar refractivity (Wildman–Crippen MR) is 111 cm³/mol. The number of carbonyl (C=O) groups excluding carboxylic acids is 2. The Morgan fingerprint density at radius 2 is 1.68 bits per heavy atom. The van der Waals surface area contributed by atoms with Gasteiger partial charge >= 0.3 is 0 Å². The minimum atomic E-state index is -4.12. The zero-order valence-electron chi connectivity index (χ0n) is 15.6. The van der Waals surface area contributed by atoms with E-state index in [1.54, 1.807) is 0 Å². The maximum atomic E-state index is 13.2. The summed E-state index contributed by atoms with van der Waals surface area (Å²) in [5.74, 6) is -5.82. The second-order valence-electron chi connectivity index (χ2n) is 7.29. The SMILES string of the molecule is O=C1[C@H]2C(Cl)=CC=C([N+](=O)[O-])[C@@H]2C(=O)[C@H]2C=C(S(=O)(=O)Nc3ccc(O)cc3)C=C[C@H]12. The highest BCUT2D eigenvalue weighted by atomic mass is 35.5. The Bertz CT molecular complexity index is 1230. The van der Waals surface area contributed by atoms with Crippen LogP contribution in [0.5, 0.6) is 5.75 Å². The molecule has 0 saturated heterocycles. The van der Waals surface area contributed by atoms with E-state index in [2.05, 4.69) is 4.72 Å². The molecule has 2 N–H and O–H groups in total. The molecule has 1 fully saturated rings. The van der Waals surface area contributed by atoms with Crippen LogP contribution in [-0.4, -0.2) is 30.0 Å². The fraction of sp³-hybridized carbons (Fsp3) is 0.200. The fourth-order valence-electron chi connectivity index (χ4n) is 4.01. The number of aromatic hydroxyl groups is 1. The summed E-state index contributed by atoms with van der Waals surface area (Å²) >= 11 is 6.11. The normalized spacial score (nSPS) is 27.5. The van der Waals surface area contributed by atoms with Gasteiger partial charge in [0.05, 0.1) is 21.7 Å². The second kappa shape index (κ2) is 7.47. The first kappa shape index (κ1) is 21.0. The maximum absolute atomic E-state index is 13.2. The van der Waals surface area contributed by atoms with E-state index in [9.17, 15) is 33.2 Å². The molecule has 1 aromatic carbocycles. The number of halogens is 1. The van der Waals surface area contributed by atoms with Gasteiger partial charge in [-0.15, -0.1) is 0 Å². The fourth-order valence-corrected chi connectivity index (χ4v) is 5.45. The number of carbonyl (C=O) groups is 2. The number of benzene rings is 1. The van der Waals surface area contributed by atoms with Crippen molar-refractivity contribution in [3.05, 3.63) is 80.4 Å². The molecular weight excluding hydrogens is 448 g/mol. The van der Waals surface area contributed by atoms with E-state index in [4.69, 9.17) is 11.6 Å². The van der Waals surface area contributed by atoms with Crippen LogP contribution in [0.2, 0.25) is 0 Å². The largest absolute Gasteiger partial charge is 0.508 e. The first-order valence-corrected chi connectivity index (χ1v) is 11.0. The zero-order valence-corrected chi connectivity index (χ0v) is 17.2. The van der Waals surface area contributed by atoms with Gasteiger partial charge in [-0.3, -0.25) is 24.4 Å². The van der Waals surface area contributed by atoms with Crippen molar-refractivity contribution in [2.45, 2.75) is 0 Å². The molecule has 4 rings (SSSR count). The lowest BCUT2D eigenvalue weighted by Crippen LogP contribution is -2.49. The van der Waals surface area contributed by atoms with Crippen LogP contribution in [0, 0.1) is 33.8 Å². The van der Waals surface area contributed by atoms with Crippen molar-refractivity contribution in [2.75, 3.05) is 4.72 Å². The Kier molecular flexibility index (Phi) is 5.06. The number of nitro groups is 1. The Labute approximate surface area is 181 Å². The highest BCUT2D eigenvalue weighted by Gasteiger charge is 2.55. The molecule has 0 amide bonds. The topological polar surface area (TPSA) is 144 Å². The number of ketones is 2. The number of phenols is 1. The number of rotatable bonds is 4. The molecule has 1 saturated carbocycles. The summed E-state index contributed by atoms with van der Waals surface area (Å²) in [5, 5.41) is 20.8. The van der Waals surface area contributed by atoms with E-state index in [0.29, 0.717) is 0 Å². The Morgan fingerprint density at radius 3 is 2.32 bits per heavy atom. The van der Waals surface area contributed by atoms with E-state index >= 15 is 0 Å². The van der Waals surface area contributed by atoms with Gasteiger partial charge in [0, 0.05) is 22.7 Å². The van der Waals surface area contributed by atoms with Gasteiger partial charge in [0.1, 0.15) is 17.5 Å². The number of nitrogens with zero attached hydrogens (tertiary/aromatic N) is 1. The van der Waals surface area contributed by atoms with E-state index in [-0.39, 0.29) is 21.4 Å². The Morgan fingerprint density at radius 1 is 1.03 bits per heavy atom. The van der Waals surface area contributed by atoms with E-state index in [1.165, 1.54) is 42.5 Å². The molecule has 3 aliphatic rings. The average molecular weight is 463 g/mol. The molecule has 1 aromatic rings. The number of anilines is 1. The van der Waals surface area contributed by atoms with Gasteiger partial charge in [-0.1, -0.05) is 23.8 Å². The maximum Gasteiger partial charge on any atom is 0.261 e. The zero-order chi connectivity index (χ0) is 22.5. The van der Waals surface area contributed by atoms with Gasteiger partial charge in [-0.25, -0.2) is 8.42 Å². The average Bonchev–Trinajstić information content (AvgIpc) is 2.72. The molecule has 9 nitrogen and oxygen atoms in total. The number of sulfonamides is 1. The van der Waals surface area contributed by atoms with Crippen molar-refractivity contribution >= 4 is 38.9 Å². The van der Waals surface area contributed by atoms with Crippen molar-refractivity contribution in [3.8, 4) is 5.75 Å². The van der Waals surface area contributed by atoms with Gasteiger partial charge in [0.2, 0.25) is 0 Å². The Hall–Kier alpha value is -3.24. The number of Topliss-reactive ketones (excluding diaryl/α,β-unsaturated/α-hetero) is 2. The third kappa shape index (κ3) is 3.57. The minimum Gasteiger partial charge on any atom is -0.508 e. The van der Waals surface area contributed by atoms with Gasteiger partial charge in [0.15, 0.2) is 5.78 Å². The highest BCUT2D eigenvalue weighted by molar-refractivity contribution is 7.96. The first-order chi connectivity index (χ1) is 14.6. The molecular formula is C20H15ClN2O7S.